The minimum absolute atomic E-state index is 0.0456. The maximum absolute atomic E-state index is 12.1. The van der Waals surface area contributed by atoms with Crippen molar-refractivity contribution in [2.24, 2.45) is 0 Å². The lowest BCUT2D eigenvalue weighted by Crippen LogP contribution is -2.26. The molecule has 25 heavy (non-hydrogen) atoms. The van der Waals surface area contributed by atoms with Crippen LogP contribution in [0.1, 0.15) is 30.6 Å². The van der Waals surface area contributed by atoms with E-state index in [9.17, 15) is 10.1 Å². The van der Waals surface area contributed by atoms with Gasteiger partial charge < -0.3 is 5.32 Å². The van der Waals surface area contributed by atoms with Gasteiger partial charge in [-0.1, -0.05) is 42.5 Å². The molecule has 1 N–H and O–H groups in total. The molecule has 0 aliphatic heterocycles. The third-order valence-electron chi connectivity index (χ3n) is 3.47. The number of pyridine rings is 1. The zero-order valence-electron chi connectivity index (χ0n) is 13.8. The summed E-state index contributed by atoms with van der Waals surface area (Å²) >= 11 is 3.31. The van der Waals surface area contributed by atoms with Crippen LogP contribution in [0.2, 0.25) is 0 Å². The highest BCUT2D eigenvalue weighted by atomic mass is 79.9. The first-order valence-electron chi connectivity index (χ1n) is 7.82. The Morgan fingerprint density at radius 3 is 2.72 bits per heavy atom. The molecule has 2 rings (SSSR count). The number of carbonyl (C=O) groups excluding carboxylic acids is 1. The summed E-state index contributed by atoms with van der Waals surface area (Å²) in [7, 11) is 0. The van der Waals surface area contributed by atoms with Gasteiger partial charge in [0.2, 0.25) is 5.91 Å². The molecule has 1 heterocycles. The van der Waals surface area contributed by atoms with E-state index in [0.29, 0.717) is 5.57 Å². The molecule has 0 aliphatic carbocycles. The summed E-state index contributed by atoms with van der Waals surface area (Å²) in [6.07, 6.45) is 5.19. The SMILES string of the molecule is CC(NC(=O)C/C(C#N)=C\C=C\c1cccc(Br)n1)c1ccccc1. The van der Waals surface area contributed by atoms with E-state index in [1.54, 1.807) is 18.2 Å². The van der Waals surface area contributed by atoms with E-state index in [0.717, 1.165) is 15.9 Å². The molecule has 0 fully saturated rings. The van der Waals surface area contributed by atoms with Crippen LogP contribution in [-0.2, 0) is 4.79 Å². The molecule has 1 atom stereocenters. The third kappa shape index (κ3) is 6.36. The number of aromatic nitrogens is 1. The van der Waals surface area contributed by atoms with Gasteiger partial charge in [0.1, 0.15) is 4.60 Å². The number of nitrogens with zero attached hydrogens (tertiary/aromatic N) is 2. The molecule has 1 aromatic heterocycles. The summed E-state index contributed by atoms with van der Waals surface area (Å²) < 4.78 is 0.744. The van der Waals surface area contributed by atoms with Crippen molar-refractivity contribution in [2.75, 3.05) is 0 Å². The monoisotopic (exact) mass is 395 g/mol. The van der Waals surface area contributed by atoms with Crippen molar-refractivity contribution in [2.45, 2.75) is 19.4 Å². The highest BCUT2D eigenvalue weighted by Gasteiger charge is 2.10. The number of hydrogen-bond acceptors (Lipinski definition) is 3. The molecular weight excluding hydrogens is 378 g/mol. The lowest BCUT2D eigenvalue weighted by molar-refractivity contribution is -0.121. The van der Waals surface area contributed by atoms with Gasteiger partial charge in [-0.2, -0.15) is 5.26 Å². The Bertz CT molecular complexity index is 822. The molecule has 5 heteroatoms. The Labute approximate surface area is 156 Å². The van der Waals surface area contributed by atoms with Crippen molar-refractivity contribution in [1.29, 1.82) is 5.26 Å². The number of amides is 1. The normalized spacial score (nSPS) is 12.6. The van der Waals surface area contributed by atoms with Gasteiger partial charge in [0, 0.05) is 5.57 Å². The van der Waals surface area contributed by atoms with E-state index in [1.165, 1.54) is 0 Å². The maximum atomic E-state index is 12.1. The first kappa shape index (κ1) is 18.6. The van der Waals surface area contributed by atoms with Gasteiger partial charge in [0.05, 0.1) is 24.2 Å². The molecule has 4 nitrogen and oxygen atoms in total. The van der Waals surface area contributed by atoms with Gasteiger partial charge in [-0.25, -0.2) is 4.98 Å². The van der Waals surface area contributed by atoms with Gasteiger partial charge >= 0.3 is 0 Å². The predicted octanol–water partition coefficient (Wildman–Crippen LogP) is 4.57. The van der Waals surface area contributed by atoms with Crippen molar-refractivity contribution in [3.8, 4) is 6.07 Å². The van der Waals surface area contributed by atoms with Crippen molar-refractivity contribution < 1.29 is 4.79 Å². The number of halogens is 1. The average Bonchev–Trinajstić information content (AvgIpc) is 2.61. The molecular formula is C20H18BrN3O. The summed E-state index contributed by atoms with van der Waals surface area (Å²) in [5.41, 5.74) is 2.19. The molecule has 0 bridgehead atoms. The molecule has 1 unspecified atom stereocenters. The first-order chi connectivity index (χ1) is 12.1. The summed E-state index contributed by atoms with van der Waals surface area (Å²) in [6.45, 7) is 1.92. The van der Waals surface area contributed by atoms with Gasteiger partial charge in [0.15, 0.2) is 0 Å². The van der Waals surface area contributed by atoms with Crippen LogP contribution in [0.25, 0.3) is 6.08 Å². The van der Waals surface area contributed by atoms with E-state index >= 15 is 0 Å². The molecule has 0 aliphatic rings. The molecule has 1 amide bonds. The van der Waals surface area contributed by atoms with Crippen LogP contribution in [0.5, 0.6) is 0 Å². The number of nitriles is 1. The largest absolute Gasteiger partial charge is 0.349 e. The topological polar surface area (TPSA) is 65.8 Å². The Kier molecular flexibility index (Phi) is 7.12. The second-order valence-electron chi connectivity index (χ2n) is 5.42. The smallest absolute Gasteiger partial charge is 0.225 e. The van der Waals surface area contributed by atoms with Crippen LogP contribution in [-0.4, -0.2) is 10.9 Å². The van der Waals surface area contributed by atoms with Crippen LogP contribution < -0.4 is 5.32 Å². The maximum Gasteiger partial charge on any atom is 0.225 e. The third-order valence-corrected chi connectivity index (χ3v) is 3.91. The Morgan fingerprint density at radius 1 is 1.28 bits per heavy atom. The van der Waals surface area contributed by atoms with Crippen LogP contribution in [0.4, 0.5) is 0 Å². The van der Waals surface area contributed by atoms with Gasteiger partial charge in [-0.3, -0.25) is 4.79 Å². The number of benzene rings is 1. The number of nitrogens with one attached hydrogen (secondary N) is 1. The Morgan fingerprint density at radius 2 is 2.04 bits per heavy atom. The second-order valence-corrected chi connectivity index (χ2v) is 6.24. The summed E-state index contributed by atoms with van der Waals surface area (Å²) in [6, 6.07) is 17.2. The molecule has 0 spiro atoms. The van der Waals surface area contributed by atoms with Crippen LogP contribution in [0.3, 0.4) is 0 Å². The fraction of sp³-hybridized carbons (Fsp3) is 0.150. The molecule has 0 saturated heterocycles. The first-order valence-corrected chi connectivity index (χ1v) is 8.62. The second kappa shape index (κ2) is 9.55. The van der Waals surface area contributed by atoms with E-state index in [4.69, 9.17) is 0 Å². The fourth-order valence-electron chi connectivity index (χ4n) is 2.21. The molecule has 2 aromatic rings. The highest BCUT2D eigenvalue weighted by molar-refractivity contribution is 9.10. The Balaban J connectivity index is 1.94. The fourth-order valence-corrected chi connectivity index (χ4v) is 2.56. The van der Waals surface area contributed by atoms with E-state index in [-0.39, 0.29) is 18.4 Å². The molecule has 0 saturated carbocycles. The number of hydrogen-bond donors (Lipinski definition) is 1. The summed E-state index contributed by atoms with van der Waals surface area (Å²) in [5.74, 6) is -0.182. The molecule has 0 radical (unpaired) electrons. The Hall–Kier alpha value is -2.71. The summed E-state index contributed by atoms with van der Waals surface area (Å²) in [4.78, 5) is 16.4. The van der Waals surface area contributed by atoms with Crippen LogP contribution in [0.15, 0.2) is 70.9 Å². The van der Waals surface area contributed by atoms with E-state index in [1.807, 2.05) is 55.5 Å². The van der Waals surface area contributed by atoms with E-state index in [2.05, 4.69) is 32.3 Å². The quantitative estimate of drug-likeness (QED) is 0.442. The minimum atomic E-state index is -0.182. The van der Waals surface area contributed by atoms with Crippen molar-refractivity contribution >= 4 is 27.9 Å². The zero-order valence-corrected chi connectivity index (χ0v) is 15.4. The van der Waals surface area contributed by atoms with Gasteiger partial charge in [-0.05, 0) is 52.7 Å². The standard InChI is InChI=1S/C20H18BrN3O/c1-15(17-8-3-2-4-9-17)23-20(25)13-16(14-22)7-5-10-18-11-6-12-19(21)24-18/h2-12,15H,13H2,1H3,(H,23,25)/b10-5+,16-7+. The lowest BCUT2D eigenvalue weighted by atomic mass is 10.1. The highest BCUT2D eigenvalue weighted by Crippen LogP contribution is 2.12. The number of allylic oxidation sites excluding steroid dienone is 2. The van der Waals surface area contributed by atoms with Crippen molar-refractivity contribution in [3.05, 3.63) is 82.1 Å². The number of carbonyl (C=O) groups is 1. The number of rotatable bonds is 6. The zero-order chi connectivity index (χ0) is 18.1. The van der Waals surface area contributed by atoms with Gasteiger partial charge in [-0.15, -0.1) is 0 Å². The van der Waals surface area contributed by atoms with Crippen molar-refractivity contribution in [1.82, 2.24) is 10.3 Å². The lowest BCUT2D eigenvalue weighted by Gasteiger charge is -2.13. The van der Waals surface area contributed by atoms with E-state index < -0.39 is 0 Å². The molecule has 126 valence electrons. The van der Waals surface area contributed by atoms with Crippen LogP contribution >= 0.6 is 15.9 Å². The van der Waals surface area contributed by atoms with Crippen LogP contribution in [0, 0.1) is 11.3 Å². The summed E-state index contributed by atoms with van der Waals surface area (Å²) in [5, 5.41) is 12.1. The van der Waals surface area contributed by atoms with Crippen molar-refractivity contribution in [3.63, 3.8) is 0 Å². The average molecular weight is 396 g/mol. The molecule has 1 aromatic carbocycles. The minimum Gasteiger partial charge on any atom is -0.349 e. The predicted molar refractivity (Wildman–Crippen MR) is 102 cm³/mol. The van der Waals surface area contributed by atoms with Gasteiger partial charge in [0.25, 0.3) is 0 Å².